The van der Waals surface area contributed by atoms with E-state index in [1.165, 1.54) is 5.56 Å². The lowest BCUT2D eigenvalue weighted by Crippen LogP contribution is -2.48. The molecule has 1 aliphatic rings. The molecule has 1 aromatic carbocycles. The topological polar surface area (TPSA) is 52.6 Å². The molecule has 0 saturated carbocycles. The molecule has 0 atom stereocenters. The monoisotopic (exact) mass is 318 g/mol. The van der Waals surface area contributed by atoms with Gasteiger partial charge in [-0.1, -0.05) is 45.0 Å². The Hall–Kier alpha value is -1.39. The minimum absolute atomic E-state index is 0.102. The van der Waals surface area contributed by atoms with E-state index in [1.807, 2.05) is 37.8 Å². The van der Waals surface area contributed by atoms with Crippen LogP contribution in [-0.2, 0) is 17.8 Å². The Kier molecular flexibility index (Phi) is 6.19. The molecule has 1 saturated heterocycles. The van der Waals surface area contributed by atoms with Crippen LogP contribution in [0.25, 0.3) is 0 Å². The summed E-state index contributed by atoms with van der Waals surface area (Å²) in [5.41, 5.74) is 1.97. The zero-order chi connectivity index (χ0) is 16.9. The number of nitrogens with one attached hydrogen (secondary N) is 1. The summed E-state index contributed by atoms with van der Waals surface area (Å²) in [5.74, 6) is 0.264. The van der Waals surface area contributed by atoms with Gasteiger partial charge in [-0.25, -0.2) is 0 Å². The third-order valence-electron chi connectivity index (χ3n) is 4.48. The summed E-state index contributed by atoms with van der Waals surface area (Å²) in [5, 5.41) is 12.7. The number of likely N-dealkylation sites (tertiary alicyclic amines) is 1. The third kappa shape index (κ3) is 5.33. The standard InChI is InChI=1S/C19H30N2O2/c1-19(2,3)18(23)21-12-9-17(10-13-21)20-11-8-15-4-6-16(14-22)7-5-15/h4-7,17,20,22H,8-14H2,1-3H3. The van der Waals surface area contributed by atoms with Gasteiger partial charge in [-0.2, -0.15) is 0 Å². The van der Waals surface area contributed by atoms with E-state index in [-0.39, 0.29) is 17.9 Å². The fraction of sp³-hybridized carbons (Fsp3) is 0.632. The molecule has 0 aromatic heterocycles. The van der Waals surface area contributed by atoms with Gasteiger partial charge in [-0.3, -0.25) is 4.79 Å². The zero-order valence-corrected chi connectivity index (χ0v) is 14.6. The van der Waals surface area contributed by atoms with Gasteiger partial charge in [-0.05, 0) is 36.9 Å². The van der Waals surface area contributed by atoms with E-state index >= 15 is 0 Å². The fourth-order valence-electron chi connectivity index (χ4n) is 2.99. The second-order valence-corrected chi connectivity index (χ2v) is 7.50. The number of amides is 1. The first-order valence-corrected chi connectivity index (χ1v) is 8.61. The van der Waals surface area contributed by atoms with Gasteiger partial charge in [0.25, 0.3) is 0 Å². The van der Waals surface area contributed by atoms with Crippen molar-refractivity contribution < 1.29 is 9.90 Å². The van der Waals surface area contributed by atoms with Crippen molar-refractivity contribution in [2.75, 3.05) is 19.6 Å². The van der Waals surface area contributed by atoms with Gasteiger partial charge in [0, 0.05) is 24.5 Å². The number of hydrogen-bond donors (Lipinski definition) is 2. The first-order valence-electron chi connectivity index (χ1n) is 8.61. The molecule has 2 N–H and O–H groups in total. The van der Waals surface area contributed by atoms with Crippen LogP contribution in [0.15, 0.2) is 24.3 Å². The van der Waals surface area contributed by atoms with E-state index in [4.69, 9.17) is 5.11 Å². The Morgan fingerprint density at radius 3 is 2.26 bits per heavy atom. The maximum absolute atomic E-state index is 12.3. The van der Waals surface area contributed by atoms with E-state index in [1.54, 1.807) is 0 Å². The summed E-state index contributed by atoms with van der Waals surface area (Å²) in [6, 6.07) is 8.63. The van der Waals surface area contributed by atoms with Crippen molar-refractivity contribution in [1.82, 2.24) is 10.2 Å². The lowest BCUT2D eigenvalue weighted by molar-refractivity contribution is -0.140. The molecule has 1 fully saturated rings. The largest absolute Gasteiger partial charge is 0.392 e. The van der Waals surface area contributed by atoms with Crippen LogP contribution < -0.4 is 5.32 Å². The summed E-state index contributed by atoms with van der Waals surface area (Å²) >= 11 is 0. The molecule has 0 radical (unpaired) electrons. The summed E-state index contributed by atoms with van der Waals surface area (Å²) in [6.45, 7) is 8.74. The van der Waals surface area contributed by atoms with Gasteiger partial charge in [0.15, 0.2) is 0 Å². The van der Waals surface area contributed by atoms with Gasteiger partial charge in [0.05, 0.1) is 6.61 Å². The smallest absolute Gasteiger partial charge is 0.227 e. The molecule has 4 nitrogen and oxygen atoms in total. The second-order valence-electron chi connectivity index (χ2n) is 7.50. The maximum Gasteiger partial charge on any atom is 0.227 e. The minimum atomic E-state index is -0.277. The maximum atomic E-state index is 12.3. The number of aliphatic hydroxyl groups excluding tert-OH is 1. The van der Waals surface area contributed by atoms with Crippen molar-refractivity contribution in [1.29, 1.82) is 0 Å². The number of rotatable bonds is 5. The number of carbonyl (C=O) groups is 1. The Morgan fingerprint density at radius 1 is 1.17 bits per heavy atom. The number of hydrogen-bond acceptors (Lipinski definition) is 3. The number of piperidine rings is 1. The fourth-order valence-corrected chi connectivity index (χ4v) is 2.99. The van der Waals surface area contributed by atoms with Gasteiger partial charge in [0.2, 0.25) is 5.91 Å². The SMILES string of the molecule is CC(C)(C)C(=O)N1CCC(NCCc2ccc(CO)cc2)CC1. The molecule has 0 aliphatic carbocycles. The van der Waals surface area contributed by atoms with Crippen LogP contribution in [0.5, 0.6) is 0 Å². The molecule has 1 amide bonds. The Labute approximate surface area is 139 Å². The van der Waals surface area contributed by atoms with E-state index < -0.39 is 0 Å². The molecular weight excluding hydrogens is 288 g/mol. The number of carbonyl (C=O) groups excluding carboxylic acids is 1. The zero-order valence-electron chi connectivity index (χ0n) is 14.6. The first-order chi connectivity index (χ1) is 10.9. The van der Waals surface area contributed by atoms with Crippen molar-refractivity contribution in [3.8, 4) is 0 Å². The number of benzene rings is 1. The highest BCUT2D eigenvalue weighted by atomic mass is 16.3. The van der Waals surface area contributed by atoms with E-state index in [0.29, 0.717) is 6.04 Å². The molecule has 2 rings (SSSR count). The Morgan fingerprint density at radius 2 is 1.74 bits per heavy atom. The predicted octanol–water partition coefficient (Wildman–Crippen LogP) is 2.35. The van der Waals surface area contributed by atoms with E-state index in [2.05, 4.69) is 17.4 Å². The van der Waals surface area contributed by atoms with Crippen molar-refractivity contribution in [2.24, 2.45) is 5.41 Å². The summed E-state index contributed by atoms with van der Waals surface area (Å²) in [7, 11) is 0. The Bertz CT molecular complexity index is 497. The van der Waals surface area contributed by atoms with Gasteiger partial charge in [0.1, 0.15) is 0 Å². The molecule has 0 spiro atoms. The van der Waals surface area contributed by atoms with Crippen LogP contribution in [0.2, 0.25) is 0 Å². The summed E-state index contributed by atoms with van der Waals surface area (Å²) < 4.78 is 0. The molecule has 0 unspecified atom stereocenters. The highest BCUT2D eigenvalue weighted by Gasteiger charge is 2.29. The van der Waals surface area contributed by atoms with Crippen LogP contribution in [-0.4, -0.2) is 41.6 Å². The lowest BCUT2D eigenvalue weighted by atomic mass is 9.93. The molecule has 1 aliphatic heterocycles. The van der Waals surface area contributed by atoms with Gasteiger partial charge in [-0.15, -0.1) is 0 Å². The number of nitrogens with zero attached hydrogens (tertiary/aromatic N) is 1. The molecule has 23 heavy (non-hydrogen) atoms. The first kappa shape index (κ1) is 18.0. The van der Waals surface area contributed by atoms with E-state index in [0.717, 1.165) is 44.5 Å². The summed E-state index contributed by atoms with van der Waals surface area (Å²) in [4.78, 5) is 14.3. The van der Waals surface area contributed by atoms with Gasteiger partial charge >= 0.3 is 0 Å². The van der Waals surface area contributed by atoms with Crippen molar-refractivity contribution in [3.05, 3.63) is 35.4 Å². The van der Waals surface area contributed by atoms with E-state index in [9.17, 15) is 4.79 Å². The Balaban J connectivity index is 1.69. The van der Waals surface area contributed by atoms with Crippen molar-refractivity contribution in [3.63, 3.8) is 0 Å². The van der Waals surface area contributed by atoms with Crippen LogP contribution in [0.3, 0.4) is 0 Å². The number of aliphatic hydroxyl groups is 1. The molecule has 128 valence electrons. The minimum Gasteiger partial charge on any atom is -0.392 e. The summed E-state index contributed by atoms with van der Waals surface area (Å²) in [6.07, 6.45) is 3.06. The highest BCUT2D eigenvalue weighted by molar-refractivity contribution is 5.81. The highest BCUT2D eigenvalue weighted by Crippen LogP contribution is 2.21. The normalized spacial score (nSPS) is 16.6. The average molecular weight is 318 g/mol. The molecular formula is C19H30N2O2. The lowest BCUT2D eigenvalue weighted by Gasteiger charge is -2.36. The van der Waals surface area contributed by atoms with Crippen molar-refractivity contribution >= 4 is 5.91 Å². The molecule has 4 heteroatoms. The molecule has 1 heterocycles. The quantitative estimate of drug-likeness (QED) is 0.876. The van der Waals surface area contributed by atoms with Gasteiger partial charge < -0.3 is 15.3 Å². The van der Waals surface area contributed by atoms with Crippen LogP contribution in [0, 0.1) is 5.41 Å². The average Bonchev–Trinajstić information content (AvgIpc) is 2.54. The predicted molar refractivity (Wildman–Crippen MR) is 93.1 cm³/mol. The van der Waals surface area contributed by atoms with Crippen LogP contribution in [0.1, 0.15) is 44.7 Å². The van der Waals surface area contributed by atoms with Crippen LogP contribution in [0.4, 0.5) is 0 Å². The molecule has 0 bridgehead atoms. The molecule has 1 aromatic rings. The van der Waals surface area contributed by atoms with Crippen molar-refractivity contribution in [2.45, 2.75) is 52.7 Å². The second kappa shape index (κ2) is 7.93. The van der Waals surface area contributed by atoms with Crippen LogP contribution >= 0.6 is 0 Å². The third-order valence-corrected chi connectivity index (χ3v) is 4.48.